The largest absolute Gasteiger partial charge is 0.313 e. The van der Waals surface area contributed by atoms with Crippen LogP contribution in [0.2, 0.25) is 0 Å². The lowest BCUT2D eigenvalue weighted by molar-refractivity contribution is 0.738. The molecule has 0 spiro atoms. The van der Waals surface area contributed by atoms with Crippen molar-refractivity contribution in [3.05, 3.63) is 41.5 Å². The Balaban J connectivity index is 0.000000980. The van der Waals surface area contributed by atoms with Crippen LogP contribution in [0.4, 0.5) is 0 Å². The Kier molecular flexibility index (Phi) is 4.18. The van der Waals surface area contributed by atoms with Crippen LogP contribution in [0.15, 0.2) is 30.3 Å². The Morgan fingerprint density at radius 2 is 2.00 bits per heavy atom. The minimum atomic E-state index is 0. The van der Waals surface area contributed by atoms with Crippen LogP contribution in [-0.4, -0.2) is 13.1 Å². The summed E-state index contributed by atoms with van der Waals surface area (Å²) in [6.07, 6.45) is 3.46. The summed E-state index contributed by atoms with van der Waals surface area (Å²) in [5, 5.41) is 3.33. The maximum Gasteiger partial charge on any atom is 0.0140 e. The smallest absolute Gasteiger partial charge is 0.0140 e. The molecule has 0 fully saturated rings. The average Bonchev–Trinajstić information content (AvgIpc) is 2.20. The molecular weight excluding hydrogens is 194 g/mol. The molecule has 0 aromatic heterocycles. The van der Waals surface area contributed by atoms with E-state index >= 15 is 0 Å². The predicted octanol–water partition coefficient (Wildman–Crippen LogP) is 2.79. The molecule has 0 aliphatic carbocycles. The van der Waals surface area contributed by atoms with Crippen LogP contribution >= 0.6 is 12.4 Å². The van der Waals surface area contributed by atoms with Crippen LogP contribution in [0, 0.1) is 6.92 Å². The second kappa shape index (κ2) is 5.18. The van der Waals surface area contributed by atoms with E-state index in [1.165, 1.54) is 16.7 Å². The molecule has 1 aliphatic rings. The van der Waals surface area contributed by atoms with Gasteiger partial charge in [-0.15, -0.1) is 12.4 Å². The number of nitrogens with one attached hydrogen (secondary N) is 1. The first-order valence-electron chi connectivity index (χ1n) is 4.83. The van der Waals surface area contributed by atoms with E-state index < -0.39 is 0 Å². The fourth-order valence-corrected chi connectivity index (χ4v) is 1.80. The Hall–Kier alpha value is -0.790. The first-order chi connectivity index (χ1) is 6.38. The molecule has 0 amide bonds. The molecule has 2 rings (SSSR count). The molecule has 1 N–H and O–H groups in total. The summed E-state index contributed by atoms with van der Waals surface area (Å²) in [7, 11) is 0. The van der Waals surface area contributed by atoms with E-state index in [4.69, 9.17) is 0 Å². The Labute approximate surface area is 91.6 Å². The monoisotopic (exact) mass is 209 g/mol. The van der Waals surface area contributed by atoms with E-state index in [0.717, 1.165) is 19.5 Å². The number of halogens is 1. The van der Waals surface area contributed by atoms with Crippen molar-refractivity contribution in [3.63, 3.8) is 0 Å². The molecule has 0 unspecified atom stereocenters. The molecular formula is C12H16ClN. The van der Waals surface area contributed by atoms with Gasteiger partial charge in [0.1, 0.15) is 0 Å². The topological polar surface area (TPSA) is 12.0 Å². The first-order valence-corrected chi connectivity index (χ1v) is 4.83. The fourth-order valence-electron chi connectivity index (χ4n) is 1.80. The van der Waals surface area contributed by atoms with Gasteiger partial charge in [0.2, 0.25) is 0 Å². The second-order valence-electron chi connectivity index (χ2n) is 3.50. The molecule has 14 heavy (non-hydrogen) atoms. The first kappa shape index (κ1) is 11.3. The summed E-state index contributed by atoms with van der Waals surface area (Å²) in [4.78, 5) is 0. The van der Waals surface area contributed by atoms with Crippen molar-refractivity contribution < 1.29 is 0 Å². The molecule has 0 saturated carbocycles. The van der Waals surface area contributed by atoms with E-state index in [-0.39, 0.29) is 12.4 Å². The summed E-state index contributed by atoms with van der Waals surface area (Å²) in [5.41, 5.74) is 4.30. The van der Waals surface area contributed by atoms with Gasteiger partial charge in [0.15, 0.2) is 0 Å². The van der Waals surface area contributed by atoms with Gasteiger partial charge >= 0.3 is 0 Å². The van der Waals surface area contributed by atoms with Crippen molar-refractivity contribution in [3.8, 4) is 0 Å². The second-order valence-corrected chi connectivity index (χ2v) is 3.50. The molecule has 1 heterocycles. The predicted molar refractivity (Wildman–Crippen MR) is 63.9 cm³/mol. The minimum Gasteiger partial charge on any atom is -0.313 e. The van der Waals surface area contributed by atoms with E-state index in [0.29, 0.717) is 0 Å². The third-order valence-electron chi connectivity index (χ3n) is 2.55. The summed E-state index contributed by atoms with van der Waals surface area (Å²) >= 11 is 0. The Bertz CT molecular complexity index is 331. The number of hydrogen-bond donors (Lipinski definition) is 1. The van der Waals surface area contributed by atoms with Gasteiger partial charge < -0.3 is 5.32 Å². The van der Waals surface area contributed by atoms with Crippen LogP contribution in [-0.2, 0) is 0 Å². The van der Waals surface area contributed by atoms with E-state index in [1.807, 2.05) is 0 Å². The summed E-state index contributed by atoms with van der Waals surface area (Å²) in [5.74, 6) is 0. The lowest BCUT2D eigenvalue weighted by atomic mass is 9.96. The van der Waals surface area contributed by atoms with Gasteiger partial charge in [-0.25, -0.2) is 0 Å². The standard InChI is InChI=1S/C12H15N.ClH/c1-10-4-2-3-5-12(10)11-6-8-13-9-7-11;/h2-6,13H,7-9H2,1H3;1H. The molecule has 0 bridgehead atoms. The molecule has 1 aromatic carbocycles. The van der Waals surface area contributed by atoms with Crippen LogP contribution in [0.25, 0.3) is 5.57 Å². The van der Waals surface area contributed by atoms with Crippen molar-refractivity contribution in [2.45, 2.75) is 13.3 Å². The van der Waals surface area contributed by atoms with E-state index in [2.05, 4.69) is 42.6 Å². The summed E-state index contributed by atoms with van der Waals surface area (Å²) in [6, 6.07) is 8.61. The van der Waals surface area contributed by atoms with Crippen molar-refractivity contribution in [2.75, 3.05) is 13.1 Å². The quantitative estimate of drug-likeness (QED) is 0.750. The molecule has 1 nitrogen and oxygen atoms in total. The van der Waals surface area contributed by atoms with Crippen LogP contribution in [0.3, 0.4) is 0 Å². The molecule has 0 atom stereocenters. The van der Waals surface area contributed by atoms with E-state index in [9.17, 15) is 0 Å². The lowest BCUT2D eigenvalue weighted by Crippen LogP contribution is -2.20. The molecule has 0 saturated heterocycles. The summed E-state index contributed by atoms with van der Waals surface area (Å²) in [6.45, 7) is 4.31. The highest BCUT2D eigenvalue weighted by Crippen LogP contribution is 2.22. The number of rotatable bonds is 1. The average molecular weight is 210 g/mol. The van der Waals surface area contributed by atoms with Gasteiger partial charge in [0.25, 0.3) is 0 Å². The number of benzene rings is 1. The maximum atomic E-state index is 3.33. The van der Waals surface area contributed by atoms with Crippen molar-refractivity contribution in [1.29, 1.82) is 0 Å². The van der Waals surface area contributed by atoms with Gasteiger partial charge in [-0.1, -0.05) is 30.3 Å². The van der Waals surface area contributed by atoms with Gasteiger partial charge in [0, 0.05) is 6.54 Å². The normalized spacial score (nSPS) is 15.6. The number of aryl methyl sites for hydroxylation is 1. The SMILES string of the molecule is Cc1ccccc1C1=CCNCC1.Cl. The molecule has 1 aromatic rings. The molecule has 2 heteroatoms. The van der Waals surface area contributed by atoms with Crippen LogP contribution in [0.5, 0.6) is 0 Å². The van der Waals surface area contributed by atoms with Crippen LogP contribution < -0.4 is 5.32 Å². The molecule has 0 radical (unpaired) electrons. The minimum absolute atomic E-state index is 0. The fraction of sp³-hybridized carbons (Fsp3) is 0.333. The van der Waals surface area contributed by atoms with Crippen molar-refractivity contribution in [1.82, 2.24) is 5.32 Å². The van der Waals surface area contributed by atoms with E-state index in [1.54, 1.807) is 0 Å². The maximum absolute atomic E-state index is 3.33. The van der Waals surface area contributed by atoms with Crippen LogP contribution in [0.1, 0.15) is 17.5 Å². The zero-order chi connectivity index (χ0) is 9.10. The Morgan fingerprint density at radius 3 is 2.64 bits per heavy atom. The van der Waals surface area contributed by atoms with Crippen molar-refractivity contribution >= 4 is 18.0 Å². The van der Waals surface area contributed by atoms with Crippen molar-refractivity contribution in [2.24, 2.45) is 0 Å². The lowest BCUT2D eigenvalue weighted by Gasteiger charge is -2.15. The number of hydrogen-bond acceptors (Lipinski definition) is 1. The van der Waals surface area contributed by atoms with Gasteiger partial charge in [-0.2, -0.15) is 0 Å². The molecule has 76 valence electrons. The highest BCUT2D eigenvalue weighted by atomic mass is 35.5. The Morgan fingerprint density at radius 1 is 1.21 bits per heavy atom. The zero-order valence-electron chi connectivity index (χ0n) is 8.42. The summed E-state index contributed by atoms with van der Waals surface area (Å²) < 4.78 is 0. The third kappa shape index (κ3) is 2.37. The van der Waals surface area contributed by atoms with Gasteiger partial charge in [-0.3, -0.25) is 0 Å². The highest BCUT2D eigenvalue weighted by molar-refractivity contribution is 5.85. The third-order valence-corrected chi connectivity index (χ3v) is 2.55. The van der Waals surface area contributed by atoms with Gasteiger partial charge in [0.05, 0.1) is 0 Å². The zero-order valence-corrected chi connectivity index (χ0v) is 9.23. The molecule has 1 aliphatic heterocycles. The highest BCUT2D eigenvalue weighted by Gasteiger charge is 2.06. The van der Waals surface area contributed by atoms with Gasteiger partial charge in [-0.05, 0) is 36.6 Å².